The molecular formula is C23H29ClN2O. The van der Waals surface area contributed by atoms with Crippen molar-refractivity contribution in [2.45, 2.75) is 32.1 Å². The highest BCUT2D eigenvalue weighted by Crippen LogP contribution is 2.22. The number of halogens is 1. The number of hydrogen-bond donors (Lipinski definition) is 1. The van der Waals surface area contributed by atoms with Crippen LogP contribution in [0.2, 0.25) is 5.02 Å². The zero-order chi connectivity index (χ0) is 18.9. The fraction of sp³-hybridized carbons (Fsp3) is 0.435. The molecule has 3 rings (SSSR count). The molecule has 4 heteroatoms. The van der Waals surface area contributed by atoms with Crippen molar-refractivity contribution in [1.29, 1.82) is 0 Å². The third-order valence-corrected chi connectivity index (χ3v) is 5.61. The molecule has 0 spiro atoms. The van der Waals surface area contributed by atoms with Crippen LogP contribution in [0.25, 0.3) is 0 Å². The first kappa shape index (κ1) is 19.9. The molecule has 1 aliphatic rings. The second kappa shape index (κ2) is 10.5. The summed E-state index contributed by atoms with van der Waals surface area (Å²) in [6, 6.07) is 18.6. The van der Waals surface area contributed by atoms with Gasteiger partial charge in [-0.25, -0.2) is 0 Å². The quantitative estimate of drug-likeness (QED) is 0.686. The van der Waals surface area contributed by atoms with Gasteiger partial charge in [-0.15, -0.1) is 0 Å². The van der Waals surface area contributed by atoms with Crippen molar-refractivity contribution in [1.82, 2.24) is 10.2 Å². The first-order valence-electron chi connectivity index (χ1n) is 9.97. The number of amides is 1. The molecule has 1 heterocycles. The number of carbonyl (C=O) groups is 1. The Morgan fingerprint density at radius 2 is 1.67 bits per heavy atom. The van der Waals surface area contributed by atoms with Crippen LogP contribution in [0.4, 0.5) is 0 Å². The third kappa shape index (κ3) is 6.67. The number of rotatable bonds is 8. The lowest BCUT2D eigenvalue weighted by molar-refractivity contribution is -0.132. The maximum atomic E-state index is 12.4. The Hall–Kier alpha value is -1.84. The molecule has 3 nitrogen and oxygen atoms in total. The Labute approximate surface area is 167 Å². The van der Waals surface area contributed by atoms with Crippen molar-refractivity contribution in [3.63, 3.8) is 0 Å². The summed E-state index contributed by atoms with van der Waals surface area (Å²) in [5, 5.41) is 4.15. The number of nitrogens with one attached hydrogen (secondary N) is 1. The summed E-state index contributed by atoms with van der Waals surface area (Å²) in [6.07, 6.45) is 4.91. The van der Waals surface area contributed by atoms with Crippen LogP contribution < -0.4 is 5.32 Å². The van der Waals surface area contributed by atoms with Gasteiger partial charge in [-0.05, 0) is 61.4 Å². The van der Waals surface area contributed by atoms with Crippen LogP contribution in [0.1, 0.15) is 30.4 Å². The van der Waals surface area contributed by atoms with Gasteiger partial charge in [0.1, 0.15) is 0 Å². The maximum absolute atomic E-state index is 12.4. The van der Waals surface area contributed by atoms with Crippen molar-refractivity contribution < 1.29 is 4.79 Å². The zero-order valence-electron chi connectivity index (χ0n) is 15.9. The lowest BCUT2D eigenvalue weighted by Crippen LogP contribution is -2.40. The van der Waals surface area contributed by atoms with Gasteiger partial charge in [0.15, 0.2) is 0 Å². The van der Waals surface area contributed by atoms with Crippen LogP contribution >= 0.6 is 11.6 Å². The summed E-state index contributed by atoms with van der Waals surface area (Å²) in [7, 11) is 0. The molecule has 1 fully saturated rings. The molecule has 2 aromatic rings. The molecule has 0 unspecified atom stereocenters. The van der Waals surface area contributed by atoms with E-state index in [0.29, 0.717) is 12.3 Å². The van der Waals surface area contributed by atoms with Crippen LogP contribution in [0.3, 0.4) is 0 Å². The van der Waals surface area contributed by atoms with Crippen LogP contribution in [-0.4, -0.2) is 37.0 Å². The van der Waals surface area contributed by atoms with E-state index in [1.807, 2.05) is 17.0 Å². The van der Waals surface area contributed by atoms with Gasteiger partial charge in [0, 0.05) is 31.1 Å². The predicted octanol–water partition coefficient (Wildman–Crippen LogP) is 4.34. The fourth-order valence-electron chi connectivity index (χ4n) is 3.70. The van der Waals surface area contributed by atoms with Gasteiger partial charge >= 0.3 is 0 Å². The minimum Gasteiger partial charge on any atom is -0.343 e. The highest BCUT2D eigenvalue weighted by Gasteiger charge is 2.22. The second-order valence-corrected chi connectivity index (χ2v) is 7.83. The summed E-state index contributed by atoms with van der Waals surface area (Å²) in [5.41, 5.74) is 2.67. The molecule has 0 saturated carbocycles. The first-order valence-corrected chi connectivity index (χ1v) is 10.4. The molecule has 0 radical (unpaired) electrons. The second-order valence-electron chi connectivity index (χ2n) is 7.39. The summed E-state index contributed by atoms with van der Waals surface area (Å²) in [4.78, 5) is 14.4. The minimum absolute atomic E-state index is 0.284. The maximum Gasteiger partial charge on any atom is 0.223 e. The highest BCUT2D eigenvalue weighted by molar-refractivity contribution is 6.30. The number of hydrogen-bond acceptors (Lipinski definition) is 2. The molecule has 0 bridgehead atoms. The number of likely N-dealkylation sites (tertiary alicyclic amines) is 1. The van der Waals surface area contributed by atoms with Gasteiger partial charge in [-0.2, -0.15) is 0 Å². The Bertz CT molecular complexity index is 694. The van der Waals surface area contributed by atoms with E-state index in [2.05, 4.69) is 47.8 Å². The summed E-state index contributed by atoms with van der Waals surface area (Å²) in [5.74, 6) is 0.987. The molecule has 0 aromatic heterocycles. The number of benzene rings is 2. The normalized spacial score (nSPS) is 15.1. The average Bonchev–Trinajstić information content (AvgIpc) is 2.70. The van der Waals surface area contributed by atoms with Crippen molar-refractivity contribution in [3.05, 3.63) is 70.7 Å². The molecular weight excluding hydrogens is 356 g/mol. The van der Waals surface area contributed by atoms with E-state index in [9.17, 15) is 4.79 Å². The molecule has 144 valence electrons. The van der Waals surface area contributed by atoms with Crippen LogP contribution in [-0.2, 0) is 17.6 Å². The van der Waals surface area contributed by atoms with Crippen molar-refractivity contribution in [3.8, 4) is 0 Å². The largest absolute Gasteiger partial charge is 0.343 e. The van der Waals surface area contributed by atoms with Crippen LogP contribution in [0.15, 0.2) is 54.6 Å². The lowest BCUT2D eigenvalue weighted by Gasteiger charge is -2.32. The van der Waals surface area contributed by atoms with E-state index < -0.39 is 0 Å². The third-order valence-electron chi connectivity index (χ3n) is 5.35. The average molecular weight is 385 g/mol. The molecule has 1 saturated heterocycles. The van der Waals surface area contributed by atoms with E-state index in [4.69, 9.17) is 11.6 Å². The van der Waals surface area contributed by atoms with Gasteiger partial charge in [0.2, 0.25) is 5.91 Å². The summed E-state index contributed by atoms with van der Waals surface area (Å²) in [6.45, 7) is 3.44. The zero-order valence-corrected chi connectivity index (χ0v) is 16.6. The predicted molar refractivity (Wildman–Crippen MR) is 112 cm³/mol. The van der Waals surface area contributed by atoms with E-state index in [1.54, 1.807) is 0 Å². The first-order chi connectivity index (χ1) is 13.2. The number of piperidine rings is 1. The van der Waals surface area contributed by atoms with Crippen molar-refractivity contribution in [2.24, 2.45) is 5.92 Å². The molecule has 1 amide bonds. The van der Waals surface area contributed by atoms with E-state index in [1.165, 1.54) is 11.1 Å². The molecule has 1 N–H and O–H groups in total. The lowest BCUT2D eigenvalue weighted by atomic mass is 9.90. The van der Waals surface area contributed by atoms with Crippen LogP contribution in [0.5, 0.6) is 0 Å². The van der Waals surface area contributed by atoms with Crippen molar-refractivity contribution in [2.75, 3.05) is 26.2 Å². The van der Waals surface area contributed by atoms with Gasteiger partial charge < -0.3 is 10.2 Å². The fourth-order valence-corrected chi connectivity index (χ4v) is 3.82. The molecule has 2 aromatic carbocycles. The molecule has 0 aliphatic carbocycles. The topological polar surface area (TPSA) is 32.3 Å². The van der Waals surface area contributed by atoms with E-state index in [-0.39, 0.29) is 5.91 Å². The number of nitrogens with zero attached hydrogens (tertiary/aromatic N) is 1. The Balaban J connectivity index is 1.28. The van der Waals surface area contributed by atoms with Gasteiger partial charge in [0.05, 0.1) is 0 Å². The molecule has 1 aliphatic heterocycles. The Morgan fingerprint density at radius 3 is 2.37 bits per heavy atom. The monoisotopic (exact) mass is 384 g/mol. The Kier molecular flexibility index (Phi) is 7.73. The van der Waals surface area contributed by atoms with E-state index in [0.717, 1.165) is 56.9 Å². The summed E-state index contributed by atoms with van der Waals surface area (Å²) < 4.78 is 0. The SMILES string of the molecule is O=C(CCNCCc1ccc(Cl)cc1)N1CCC(Cc2ccccc2)CC1. The van der Waals surface area contributed by atoms with Gasteiger partial charge in [-0.1, -0.05) is 54.1 Å². The minimum atomic E-state index is 0.284. The Morgan fingerprint density at radius 1 is 0.963 bits per heavy atom. The molecule has 27 heavy (non-hydrogen) atoms. The standard InChI is InChI=1S/C23H29ClN2O/c24-22-8-6-19(7-9-22)10-14-25-15-11-23(27)26-16-12-21(13-17-26)18-20-4-2-1-3-5-20/h1-9,21,25H,10-18H2. The van der Waals surface area contributed by atoms with E-state index >= 15 is 0 Å². The van der Waals surface area contributed by atoms with Crippen molar-refractivity contribution >= 4 is 17.5 Å². The van der Waals surface area contributed by atoms with Gasteiger partial charge in [-0.3, -0.25) is 4.79 Å². The summed E-state index contributed by atoms with van der Waals surface area (Å²) >= 11 is 5.90. The highest BCUT2D eigenvalue weighted by atomic mass is 35.5. The smallest absolute Gasteiger partial charge is 0.223 e. The van der Waals surface area contributed by atoms with Gasteiger partial charge in [0.25, 0.3) is 0 Å². The number of carbonyl (C=O) groups excluding carboxylic acids is 1. The van der Waals surface area contributed by atoms with Crippen LogP contribution in [0, 0.1) is 5.92 Å². The molecule has 0 atom stereocenters.